The fourth-order valence-electron chi connectivity index (χ4n) is 6.53. The number of fused-ring (bicyclic) bond motifs is 1. The molecule has 2 aliphatic carbocycles. The number of esters is 2. The molecule has 0 aromatic heterocycles. The van der Waals surface area contributed by atoms with Crippen molar-refractivity contribution in [1.29, 1.82) is 0 Å². The second-order valence-corrected chi connectivity index (χ2v) is 9.84. The Hall–Kier alpha value is -2.47. The number of nitrogens with zero attached hydrogens (tertiary/aromatic N) is 1. The van der Waals surface area contributed by atoms with Gasteiger partial charge in [0.05, 0.1) is 18.2 Å². The number of carbonyl (C=O) groups is 2. The van der Waals surface area contributed by atoms with Crippen molar-refractivity contribution in [2.24, 2.45) is 27.7 Å². The number of carbonyl (C=O) groups excluding carboxylic acids is 2. The Balaban J connectivity index is 1.50. The van der Waals surface area contributed by atoms with E-state index in [9.17, 15) is 9.59 Å². The molecule has 0 unspecified atom stereocenters. The molecule has 1 spiro atoms. The maximum Gasteiger partial charge on any atom is 0.331 e. The third kappa shape index (κ3) is 2.26. The summed E-state index contributed by atoms with van der Waals surface area (Å²) >= 11 is 0. The van der Waals surface area contributed by atoms with E-state index in [1.54, 1.807) is 0 Å². The van der Waals surface area contributed by atoms with Gasteiger partial charge in [0.15, 0.2) is 6.04 Å². The van der Waals surface area contributed by atoms with Crippen molar-refractivity contribution >= 4 is 17.7 Å². The number of rotatable bonds is 2. The first-order chi connectivity index (χ1) is 14.4. The lowest BCUT2D eigenvalue weighted by molar-refractivity contribution is -0.166. The van der Waals surface area contributed by atoms with E-state index in [2.05, 4.69) is 19.9 Å². The second-order valence-electron chi connectivity index (χ2n) is 9.84. The van der Waals surface area contributed by atoms with Crippen LogP contribution in [0.25, 0.3) is 0 Å². The van der Waals surface area contributed by atoms with E-state index in [4.69, 9.17) is 19.2 Å². The Bertz CT molecular complexity index is 996. The smallest absolute Gasteiger partial charge is 0.331 e. The summed E-state index contributed by atoms with van der Waals surface area (Å²) in [6.07, 6.45) is 3.09. The molecule has 0 amide bonds. The minimum absolute atomic E-state index is 0.0436. The first kappa shape index (κ1) is 18.3. The van der Waals surface area contributed by atoms with E-state index >= 15 is 0 Å². The topological polar surface area (TPSA) is 74.2 Å². The molecule has 5 aliphatic rings. The Morgan fingerprint density at radius 3 is 2.73 bits per heavy atom. The van der Waals surface area contributed by atoms with Gasteiger partial charge in [-0.05, 0) is 35.3 Å². The van der Waals surface area contributed by atoms with Crippen molar-refractivity contribution in [3.63, 3.8) is 0 Å². The Morgan fingerprint density at radius 1 is 1.13 bits per heavy atom. The number of ether oxygens (including phenoxy) is 3. The van der Waals surface area contributed by atoms with Crippen LogP contribution in [-0.2, 0) is 30.2 Å². The number of aliphatic imine (C=N–C) groups is 1. The van der Waals surface area contributed by atoms with Crippen molar-refractivity contribution in [2.45, 2.75) is 51.5 Å². The maximum atomic E-state index is 13.5. The number of benzene rings is 1. The highest BCUT2D eigenvalue weighted by Gasteiger charge is 2.74. The molecule has 2 saturated heterocycles. The van der Waals surface area contributed by atoms with Crippen LogP contribution in [0.3, 0.4) is 0 Å². The minimum Gasteiger partial charge on any atom is -0.455 e. The minimum atomic E-state index is -0.896. The van der Waals surface area contributed by atoms with Gasteiger partial charge >= 0.3 is 11.9 Å². The highest BCUT2D eigenvalue weighted by molar-refractivity contribution is 6.14. The quantitative estimate of drug-likeness (QED) is 0.557. The molecule has 30 heavy (non-hydrogen) atoms. The number of allylic oxidation sites excluding steroid dienone is 1. The van der Waals surface area contributed by atoms with E-state index in [1.165, 1.54) is 0 Å². The third-order valence-corrected chi connectivity index (χ3v) is 7.78. The molecular formula is C24H25NO5. The van der Waals surface area contributed by atoms with Gasteiger partial charge in [0.2, 0.25) is 6.29 Å². The Kier molecular flexibility index (Phi) is 3.68. The van der Waals surface area contributed by atoms with Crippen molar-refractivity contribution in [3.05, 3.63) is 47.5 Å². The lowest BCUT2D eigenvalue weighted by atomic mass is 9.47. The van der Waals surface area contributed by atoms with E-state index in [1.807, 2.05) is 30.3 Å². The molecule has 3 aliphatic heterocycles. The first-order valence-electron chi connectivity index (χ1n) is 10.8. The van der Waals surface area contributed by atoms with Crippen molar-refractivity contribution in [1.82, 2.24) is 0 Å². The lowest BCUT2D eigenvalue weighted by Gasteiger charge is -2.55. The van der Waals surface area contributed by atoms with Crippen LogP contribution in [0.4, 0.5) is 0 Å². The predicted molar refractivity (Wildman–Crippen MR) is 108 cm³/mol. The zero-order valence-electron chi connectivity index (χ0n) is 17.2. The van der Waals surface area contributed by atoms with Crippen LogP contribution < -0.4 is 0 Å². The Labute approximate surface area is 175 Å². The molecule has 3 fully saturated rings. The van der Waals surface area contributed by atoms with Gasteiger partial charge in [-0.2, -0.15) is 0 Å². The zero-order valence-corrected chi connectivity index (χ0v) is 17.2. The molecular weight excluding hydrogens is 382 g/mol. The average Bonchev–Trinajstić information content (AvgIpc) is 3.25. The van der Waals surface area contributed by atoms with Gasteiger partial charge in [0.25, 0.3) is 0 Å². The lowest BCUT2D eigenvalue weighted by Crippen LogP contribution is -2.64. The maximum absolute atomic E-state index is 13.5. The molecule has 156 valence electrons. The van der Waals surface area contributed by atoms with Crippen LogP contribution in [0.5, 0.6) is 0 Å². The van der Waals surface area contributed by atoms with Crippen LogP contribution in [0.2, 0.25) is 0 Å². The summed E-state index contributed by atoms with van der Waals surface area (Å²) in [4.78, 5) is 31.3. The van der Waals surface area contributed by atoms with Gasteiger partial charge in [0.1, 0.15) is 11.5 Å². The van der Waals surface area contributed by atoms with Gasteiger partial charge in [-0.3, -0.25) is 9.79 Å². The van der Waals surface area contributed by atoms with Crippen LogP contribution in [-0.4, -0.2) is 42.7 Å². The van der Waals surface area contributed by atoms with Gasteiger partial charge < -0.3 is 14.2 Å². The number of hydrogen-bond acceptors (Lipinski definition) is 6. The standard InChI is InChI=1S/C24H25NO5/c1-23(2)11-16-19(25-15(20(26)29-16)10-13-6-4-3-5-7-13)24-17(23)9-8-14-12-28-21(18(14)24)30-22(24)27/h3-8,15-18,21H,9-12H2,1-2H3/t15-,16-,17-,18+,21-,24+/m0/s1. The van der Waals surface area contributed by atoms with E-state index in [0.29, 0.717) is 25.2 Å². The SMILES string of the molecule is CC1(C)C[C@@H]2OC(=O)[C@H](Cc3ccccc3)N=C2[C@@]23C(=O)O[C@@H]4OCC(=CC[C@@H]12)[C@H]43. The summed E-state index contributed by atoms with van der Waals surface area (Å²) in [5.41, 5.74) is 1.76. The summed E-state index contributed by atoms with van der Waals surface area (Å²) in [6, 6.07) is 9.17. The second kappa shape index (κ2) is 6.03. The first-order valence-corrected chi connectivity index (χ1v) is 10.8. The highest BCUT2D eigenvalue weighted by atomic mass is 16.7. The molecule has 6 heteroatoms. The van der Waals surface area contributed by atoms with Crippen molar-refractivity contribution in [3.8, 4) is 0 Å². The van der Waals surface area contributed by atoms with Crippen LogP contribution >= 0.6 is 0 Å². The van der Waals surface area contributed by atoms with Gasteiger partial charge in [-0.25, -0.2) is 4.79 Å². The number of hydrogen-bond donors (Lipinski definition) is 0. The van der Waals surface area contributed by atoms with E-state index < -0.39 is 23.9 Å². The fraction of sp³-hybridized carbons (Fsp3) is 0.542. The van der Waals surface area contributed by atoms with Crippen LogP contribution in [0, 0.1) is 22.7 Å². The van der Waals surface area contributed by atoms with Crippen LogP contribution in [0.15, 0.2) is 47.0 Å². The molecule has 0 radical (unpaired) electrons. The molecule has 0 N–H and O–H groups in total. The van der Waals surface area contributed by atoms with Crippen molar-refractivity contribution < 1.29 is 23.8 Å². The predicted octanol–water partition coefficient (Wildman–Crippen LogP) is 2.86. The summed E-state index contributed by atoms with van der Waals surface area (Å²) in [5, 5.41) is 0. The van der Waals surface area contributed by atoms with Gasteiger partial charge in [0, 0.05) is 6.42 Å². The van der Waals surface area contributed by atoms with Gasteiger partial charge in [-0.15, -0.1) is 0 Å². The summed E-state index contributed by atoms with van der Waals surface area (Å²) in [5.74, 6) is -0.697. The molecule has 3 heterocycles. The molecule has 6 nitrogen and oxygen atoms in total. The summed E-state index contributed by atoms with van der Waals surface area (Å²) in [7, 11) is 0. The molecule has 6 rings (SSSR count). The van der Waals surface area contributed by atoms with E-state index in [0.717, 1.165) is 17.6 Å². The molecule has 0 bridgehead atoms. The summed E-state index contributed by atoms with van der Waals surface area (Å²) < 4.78 is 17.5. The van der Waals surface area contributed by atoms with E-state index in [-0.39, 0.29) is 29.2 Å². The highest BCUT2D eigenvalue weighted by Crippen LogP contribution is 2.65. The molecule has 6 atom stereocenters. The monoisotopic (exact) mass is 407 g/mol. The normalized spacial score (nSPS) is 40.4. The molecule has 1 saturated carbocycles. The summed E-state index contributed by atoms with van der Waals surface area (Å²) in [6.45, 7) is 4.81. The van der Waals surface area contributed by atoms with Crippen LogP contribution in [0.1, 0.15) is 32.3 Å². The largest absolute Gasteiger partial charge is 0.455 e. The van der Waals surface area contributed by atoms with Gasteiger partial charge in [-0.1, -0.05) is 50.3 Å². The third-order valence-electron chi connectivity index (χ3n) is 7.78. The average molecular weight is 407 g/mol. The Morgan fingerprint density at radius 2 is 1.93 bits per heavy atom. The molecule has 1 aromatic carbocycles. The molecule has 1 aromatic rings. The zero-order chi connectivity index (χ0) is 20.7. The fourth-order valence-corrected chi connectivity index (χ4v) is 6.53. The van der Waals surface area contributed by atoms with Crippen molar-refractivity contribution in [2.75, 3.05) is 6.61 Å².